The fourth-order valence-corrected chi connectivity index (χ4v) is 1.44. The van der Waals surface area contributed by atoms with Gasteiger partial charge in [0.15, 0.2) is 0 Å². The molecule has 0 amide bonds. The fraction of sp³-hybridized carbons (Fsp3) is 0.455. The third kappa shape index (κ3) is 3.31. The predicted molar refractivity (Wildman–Crippen MR) is 63.5 cm³/mol. The second kappa shape index (κ2) is 4.80. The highest BCUT2D eigenvalue weighted by atomic mass is 79.9. The van der Waals surface area contributed by atoms with Gasteiger partial charge in [0.25, 0.3) is 0 Å². The van der Waals surface area contributed by atoms with Gasteiger partial charge < -0.3 is 10.4 Å². The number of rotatable bonds is 4. The molecule has 78 valence electrons. The van der Waals surface area contributed by atoms with Crippen LogP contribution in [0.4, 0.5) is 5.69 Å². The monoisotopic (exact) mass is 257 g/mol. The Labute approximate surface area is 93.5 Å². The zero-order valence-electron chi connectivity index (χ0n) is 8.55. The van der Waals surface area contributed by atoms with Crippen molar-refractivity contribution in [1.29, 1.82) is 0 Å². The number of aliphatic hydroxyl groups is 1. The van der Waals surface area contributed by atoms with Gasteiger partial charge in [-0.3, -0.25) is 0 Å². The van der Waals surface area contributed by atoms with Crippen LogP contribution in [0.2, 0.25) is 0 Å². The maximum Gasteiger partial charge on any atom is 0.0788 e. The van der Waals surface area contributed by atoms with Crippen molar-refractivity contribution in [2.45, 2.75) is 25.9 Å². The van der Waals surface area contributed by atoms with Crippen molar-refractivity contribution in [1.82, 2.24) is 0 Å². The summed E-state index contributed by atoms with van der Waals surface area (Å²) < 4.78 is 1.02. The predicted octanol–water partition coefficient (Wildman–Crippen LogP) is 3.02. The van der Waals surface area contributed by atoms with Crippen molar-refractivity contribution in [3.63, 3.8) is 0 Å². The lowest BCUT2D eigenvalue weighted by Crippen LogP contribution is -2.32. The molecule has 1 aromatic carbocycles. The topological polar surface area (TPSA) is 32.3 Å². The first-order valence-corrected chi connectivity index (χ1v) is 5.55. The van der Waals surface area contributed by atoms with Gasteiger partial charge >= 0.3 is 0 Å². The van der Waals surface area contributed by atoms with Crippen LogP contribution in [0.15, 0.2) is 28.7 Å². The average Bonchev–Trinajstić information content (AvgIpc) is 2.17. The lowest BCUT2D eigenvalue weighted by atomic mass is 10.0. The summed E-state index contributed by atoms with van der Waals surface area (Å²) in [4.78, 5) is 0. The van der Waals surface area contributed by atoms with E-state index in [2.05, 4.69) is 21.2 Å². The average molecular weight is 258 g/mol. The van der Waals surface area contributed by atoms with Gasteiger partial charge in [-0.15, -0.1) is 0 Å². The summed E-state index contributed by atoms with van der Waals surface area (Å²) in [6.07, 6.45) is 0.741. The summed E-state index contributed by atoms with van der Waals surface area (Å²) in [7, 11) is 0. The molecule has 0 saturated carbocycles. The summed E-state index contributed by atoms with van der Waals surface area (Å²) in [5.74, 6) is 0. The number of halogens is 1. The summed E-state index contributed by atoms with van der Waals surface area (Å²) in [6.45, 7) is 4.37. The third-order valence-electron chi connectivity index (χ3n) is 2.30. The molecule has 0 bridgehead atoms. The molecule has 0 radical (unpaired) electrons. The summed E-state index contributed by atoms with van der Waals surface area (Å²) in [6, 6.07) is 7.89. The molecule has 1 rings (SSSR count). The minimum absolute atomic E-state index is 0.562. The highest BCUT2D eigenvalue weighted by molar-refractivity contribution is 9.10. The van der Waals surface area contributed by atoms with E-state index in [1.807, 2.05) is 38.1 Å². The molecule has 1 unspecified atom stereocenters. The van der Waals surface area contributed by atoms with E-state index in [0.29, 0.717) is 6.54 Å². The Kier molecular flexibility index (Phi) is 3.96. The van der Waals surface area contributed by atoms with Crippen LogP contribution in [0, 0.1) is 0 Å². The van der Waals surface area contributed by atoms with Crippen molar-refractivity contribution >= 4 is 21.6 Å². The summed E-state index contributed by atoms with van der Waals surface area (Å²) >= 11 is 3.44. The van der Waals surface area contributed by atoms with Gasteiger partial charge in [-0.25, -0.2) is 0 Å². The Bertz CT molecular complexity index is 299. The number of hydrogen-bond acceptors (Lipinski definition) is 2. The molecule has 3 heteroatoms. The van der Waals surface area contributed by atoms with E-state index >= 15 is 0 Å². The summed E-state index contributed by atoms with van der Waals surface area (Å²) in [5.41, 5.74) is 0.371. The Morgan fingerprint density at radius 3 is 2.64 bits per heavy atom. The molecule has 0 fully saturated rings. The van der Waals surface area contributed by atoms with Gasteiger partial charge in [0, 0.05) is 16.7 Å². The maximum atomic E-state index is 9.80. The molecule has 0 aliphatic rings. The molecular weight excluding hydrogens is 242 g/mol. The standard InChI is InChI=1S/C11H16BrNO/c1-3-11(2,14)8-13-10-7-5-4-6-9(10)12/h4-7,13-14H,3,8H2,1-2H3. The van der Waals surface area contributed by atoms with Crippen molar-refractivity contribution < 1.29 is 5.11 Å². The summed E-state index contributed by atoms with van der Waals surface area (Å²) in [5, 5.41) is 13.0. The van der Waals surface area contributed by atoms with Crippen molar-refractivity contribution in [3.8, 4) is 0 Å². The van der Waals surface area contributed by atoms with E-state index < -0.39 is 5.60 Å². The lowest BCUT2D eigenvalue weighted by Gasteiger charge is -2.22. The maximum absolute atomic E-state index is 9.80. The third-order valence-corrected chi connectivity index (χ3v) is 2.99. The zero-order valence-corrected chi connectivity index (χ0v) is 10.1. The van der Waals surface area contributed by atoms with E-state index in [4.69, 9.17) is 0 Å². The molecular formula is C11H16BrNO. The van der Waals surface area contributed by atoms with Crippen LogP contribution < -0.4 is 5.32 Å². The molecule has 2 N–H and O–H groups in total. The van der Waals surface area contributed by atoms with Crippen LogP contribution in [0.25, 0.3) is 0 Å². The van der Waals surface area contributed by atoms with Gasteiger partial charge in [-0.1, -0.05) is 19.1 Å². The van der Waals surface area contributed by atoms with Crippen LogP contribution in [-0.2, 0) is 0 Å². The van der Waals surface area contributed by atoms with Crippen LogP contribution in [0.5, 0.6) is 0 Å². The second-order valence-electron chi connectivity index (χ2n) is 3.68. The van der Waals surface area contributed by atoms with Crippen molar-refractivity contribution in [2.24, 2.45) is 0 Å². The molecule has 1 atom stereocenters. The van der Waals surface area contributed by atoms with Crippen LogP contribution in [-0.4, -0.2) is 17.3 Å². The van der Waals surface area contributed by atoms with E-state index in [-0.39, 0.29) is 0 Å². The Balaban J connectivity index is 2.58. The molecule has 14 heavy (non-hydrogen) atoms. The number of para-hydroxylation sites is 1. The van der Waals surface area contributed by atoms with E-state index in [0.717, 1.165) is 16.6 Å². The highest BCUT2D eigenvalue weighted by Gasteiger charge is 2.16. The Morgan fingerprint density at radius 2 is 2.07 bits per heavy atom. The van der Waals surface area contributed by atoms with Gasteiger partial charge in [-0.2, -0.15) is 0 Å². The van der Waals surface area contributed by atoms with Crippen molar-refractivity contribution in [2.75, 3.05) is 11.9 Å². The molecule has 0 aliphatic heterocycles. The molecule has 0 heterocycles. The van der Waals surface area contributed by atoms with Gasteiger partial charge in [0.05, 0.1) is 5.60 Å². The molecule has 2 nitrogen and oxygen atoms in total. The normalized spacial score (nSPS) is 14.9. The lowest BCUT2D eigenvalue weighted by molar-refractivity contribution is 0.0697. The number of benzene rings is 1. The van der Waals surface area contributed by atoms with Gasteiger partial charge in [0.1, 0.15) is 0 Å². The largest absolute Gasteiger partial charge is 0.388 e. The van der Waals surface area contributed by atoms with E-state index in [9.17, 15) is 5.11 Å². The highest BCUT2D eigenvalue weighted by Crippen LogP contribution is 2.22. The fourth-order valence-electron chi connectivity index (χ4n) is 1.02. The molecule has 0 aliphatic carbocycles. The molecule has 0 aromatic heterocycles. The molecule has 0 spiro atoms. The number of anilines is 1. The smallest absolute Gasteiger partial charge is 0.0788 e. The van der Waals surface area contributed by atoms with Crippen LogP contribution in [0.1, 0.15) is 20.3 Å². The zero-order chi connectivity index (χ0) is 10.6. The van der Waals surface area contributed by atoms with Gasteiger partial charge in [0.2, 0.25) is 0 Å². The first kappa shape index (κ1) is 11.5. The number of hydrogen-bond donors (Lipinski definition) is 2. The molecule has 1 aromatic rings. The second-order valence-corrected chi connectivity index (χ2v) is 4.54. The quantitative estimate of drug-likeness (QED) is 0.870. The Hall–Kier alpha value is -0.540. The van der Waals surface area contributed by atoms with Crippen molar-refractivity contribution in [3.05, 3.63) is 28.7 Å². The number of nitrogens with one attached hydrogen (secondary N) is 1. The minimum atomic E-state index is -0.644. The minimum Gasteiger partial charge on any atom is -0.388 e. The van der Waals surface area contributed by atoms with Crippen LogP contribution in [0.3, 0.4) is 0 Å². The van der Waals surface area contributed by atoms with Gasteiger partial charge in [-0.05, 0) is 41.4 Å². The van der Waals surface area contributed by atoms with E-state index in [1.165, 1.54) is 0 Å². The van der Waals surface area contributed by atoms with E-state index in [1.54, 1.807) is 0 Å². The Morgan fingerprint density at radius 1 is 1.43 bits per heavy atom. The first-order chi connectivity index (χ1) is 6.55. The molecule has 0 saturated heterocycles. The SMILES string of the molecule is CCC(C)(O)CNc1ccccc1Br. The van der Waals surface area contributed by atoms with Crippen LogP contribution >= 0.6 is 15.9 Å². The first-order valence-electron chi connectivity index (χ1n) is 4.76.